The standard InChI is InChI=1S/C32H26N4O4S2/c1-17-7-11-19(12-8-17)33-29(37)23-25(21-5-3-15-41-21)36-28-24(26(22-6-4-16-42-22)35(36)27(23)31(33)39)30(38)34(32(28)40)20-13-9-18(2)10-14-20/h3-16,23-28H,1-2H3. The van der Waals surface area contributed by atoms with E-state index < -0.39 is 36.0 Å². The highest BCUT2D eigenvalue weighted by atomic mass is 32.1. The summed E-state index contributed by atoms with van der Waals surface area (Å²) in [4.78, 5) is 61.5. The molecular weight excluding hydrogens is 569 g/mol. The zero-order valence-electron chi connectivity index (χ0n) is 22.8. The number of fused-ring (bicyclic) bond motifs is 5. The Bertz CT molecular complexity index is 1610. The van der Waals surface area contributed by atoms with Gasteiger partial charge in [-0.1, -0.05) is 47.5 Å². The van der Waals surface area contributed by atoms with Crippen molar-refractivity contribution in [1.82, 2.24) is 10.0 Å². The fourth-order valence-corrected chi connectivity index (χ4v) is 8.94. The number of amides is 4. The fourth-order valence-electron chi connectivity index (χ4n) is 7.21. The summed E-state index contributed by atoms with van der Waals surface area (Å²) in [6, 6.07) is 19.7. The van der Waals surface area contributed by atoms with Crippen LogP contribution in [0.4, 0.5) is 11.4 Å². The summed E-state index contributed by atoms with van der Waals surface area (Å²) in [6.45, 7) is 3.92. The van der Waals surface area contributed by atoms with E-state index in [1.807, 2.05) is 83.2 Å². The first-order chi connectivity index (χ1) is 20.4. The van der Waals surface area contributed by atoms with Gasteiger partial charge in [-0.25, -0.2) is 19.8 Å². The Balaban J connectivity index is 1.30. The number of imide groups is 2. The van der Waals surface area contributed by atoms with Crippen LogP contribution in [-0.2, 0) is 19.2 Å². The van der Waals surface area contributed by atoms with E-state index in [1.165, 1.54) is 32.5 Å². The Morgan fingerprint density at radius 2 is 0.881 bits per heavy atom. The van der Waals surface area contributed by atoms with Gasteiger partial charge in [0.25, 0.3) is 11.8 Å². The average molecular weight is 595 g/mol. The van der Waals surface area contributed by atoms with Gasteiger partial charge in [-0.15, -0.1) is 22.7 Å². The molecule has 6 unspecified atom stereocenters. The van der Waals surface area contributed by atoms with E-state index in [9.17, 15) is 19.2 Å². The van der Waals surface area contributed by atoms with Crippen LogP contribution in [-0.4, -0.2) is 45.7 Å². The molecule has 0 bridgehead atoms. The highest BCUT2D eigenvalue weighted by Gasteiger charge is 2.74. The lowest BCUT2D eigenvalue weighted by molar-refractivity contribution is -0.135. The minimum absolute atomic E-state index is 0.282. The van der Waals surface area contributed by atoms with E-state index >= 15 is 0 Å². The normalized spacial score (nSPS) is 29.1. The molecule has 6 atom stereocenters. The van der Waals surface area contributed by atoms with Gasteiger partial charge in [0.05, 0.1) is 35.3 Å². The van der Waals surface area contributed by atoms with Gasteiger partial charge in [-0.05, 0) is 61.0 Å². The molecule has 10 heteroatoms. The molecule has 8 nitrogen and oxygen atoms in total. The first-order valence-electron chi connectivity index (χ1n) is 13.9. The Kier molecular flexibility index (Phi) is 5.68. The largest absolute Gasteiger partial charge is 0.274 e. The minimum Gasteiger partial charge on any atom is -0.274 e. The summed E-state index contributed by atoms with van der Waals surface area (Å²) in [5.74, 6) is -2.66. The number of rotatable bonds is 4. The molecule has 4 amide bonds. The predicted molar refractivity (Wildman–Crippen MR) is 160 cm³/mol. The number of hydrogen-bond acceptors (Lipinski definition) is 8. The van der Waals surface area contributed by atoms with Gasteiger partial charge in [0.1, 0.15) is 12.1 Å². The second-order valence-electron chi connectivity index (χ2n) is 11.3. The zero-order valence-corrected chi connectivity index (χ0v) is 24.4. The van der Waals surface area contributed by atoms with Crippen molar-refractivity contribution >= 4 is 57.7 Å². The maximum Gasteiger partial charge on any atom is 0.253 e. The molecule has 0 spiro atoms. The van der Waals surface area contributed by atoms with E-state index in [0.29, 0.717) is 11.4 Å². The molecular formula is C32H26N4O4S2. The molecule has 210 valence electrons. The third-order valence-corrected chi connectivity index (χ3v) is 10.9. The summed E-state index contributed by atoms with van der Waals surface area (Å²) in [7, 11) is 0. The van der Waals surface area contributed by atoms with Crippen molar-refractivity contribution in [2.75, 3.05) is 9.80 Å². The van der Waals surface area contributed by atoms with Crippen molar-refractivity contribution in [3.8, 4) is 0 Å². The summed E-state index contributed by atoms with van der Waals surface area (Å²) < 4.78 is 0. The van der Waals surface area contributed by atoms with Crippen molar-refractivity contribution in [2.24, 2.45) is 11.8 Å². The van der Waals surface area contributed by atoms with Crippen molar-refractivity contribution in [3.05, 3.63) is 104 Å². The molecule has 4 fully saturated rings. The number of thiophene rings is 2. The number of aryl methyl sites for hydroxylation is 2. The summed E-state index contributed by atoms with van der Waals surface area (Å²) in [5, 5.41) is 7.73. The maximum absolute atomic E-state index is 14.3. The van der Waals surface area contributed by atoms with Crippen LogP contribution in [0.2, 0.25) is 0 Å². The number of benzene rings is 2. The first-order valence-corrected chi connectivity index (χ1v) is 15.6. The molecule has 0 N–H and O–H groups in total. The maximum atomic E-state index is 14.3. The van der Waals surface area contributed by atoms with Crippen molar-refractivity contribution in [2.45, 2.75) is 38.0 Å². The fraction of sp³-hybridized carbons (Fsp3) is 0.250. The highest BCUT2D eigenvalue weighted by Crippen LogP contribution is 2.60. The lowest BCUT2D eigenvalue weighted by Crippen LogP contribution is -2.50. The van der Waals surface area contributed by atoms with Gasteiger partial charge in [-0.2, -0.15) is 0 Å². The van der Waals surface area contributed by atoms with Crippen LogP contribution in [0.25, 0.3) is 0 Å². The third-order valence-electron chi connectivity index (χ3n) is 8.98. The number of anilines is 2. The van der Waals surface area contributed by atoms with Gasteiger partial charge in [0.2, 0.25) is 11.8 Å². The number of carbonyl (C=O) groups excluding carboxylic acids is 4. The molecule has 4 saturated heterocycles. The minimum atomic E-state index is -0.836. The summed E-state index contributed by atoms with van der Waals surface area (Å²) in [5.41, 5.74) is 3.12. The quantitative estimate of drug-likeness (QED) is 0.314. The van der Waals surface area contributed by atoms with Crippen molar-refractivity contribution in [3.63, 3.8) is 0 Å². The smallest absolute Gasteiger partial charge is 0.253 e. The van der Waals surface area contributed by atoms with Crippen LogP contribution in [0.15, 0.2) is 83.6 Å². The molecule has 6 heterocycles. The van der Waals surface area contributed by atoms with E-state index in [2.05, 4.69) is 0 Å². The van der Waals surface area contributed by atoms with Gasteiger partial charge in [-0.3, -0.25) is 19.2 Å². The van der Waals surface area contributed by atoms with Crippen LogP contribution in [0.5, 0.6) is 0 Å². The van der Waals surface area contributed by atoms with Gasteiger partial charge in [0.15, 0.2) is 0 Å². The van der Waals surface area contributed by atoms with Crippen molar-refractivity contribution in [1.29, 1.82) is 0 Å². The Hall–Kier alpha value is -3.96. The molecule has 0 aliphatic carbocycles. The molecule has 4 aliphatic rings. The molecule has 4 aliphatic heterocycles. The van der Waals surface area contributed by atoms with Crippen LogP contribution >= 0.6 is 22.7 Å². The SMILES string of the molecule is Cc1ccc(N2C(=O)C3C(C2=O)N2C(c4cccs4)C4C(=O)N(c5ccc(C)cc5)C(=O)C4N2C3c2cccs2)cc1. The van der Waals surface area contributed by atoms with Crippen LogP contribution < -0.4 is 9.80 Å². The molecule has 42 heavy (non-hydrogen) atoms. The van der Waals surface area contributed by atoms with E-state index in [-0.39, 0.29) is 23.6 Å². The van der Waals surface area contributed by atoms with E-state index in [1.54, 1.807) is 24.3 Å². The first kappa shape index (κ1) is 25.7. The van der Waals surface area contributed by atoms with E-state index in [4.69, 9.17) is 0 Å². The zero-order chi connectivity index (χ0) is 28.9. The molecule has 2 aromatic carbocycles. The second-order valence-corrected chi connectivity index (χ2v) is 13.3. The van der Waals surface area contributed by atoms with Gasteiger partial charge in [0, 0.05) is 9.75 Å². The molecule has 2 aromatic heterocycles. The second kappa shape index (κ2) is 9.27. The average Bonchev–Trinajstić information content (AvgIpc) is 3.81. The Morgan fingerprint density at radius 1 is 0.500 bits per heavy atom. The van der Waals surface area contributed by atoms with Gasteiger partial charge < -0.3 is 0 Å². The van der Waals surface area contributed by atoms with Gasteiger partial charge >= 0.3 is 0 Å². The number of hydrogen-bond donors (Lipinski definition) is 0. The van der Waals surface area contributed by atoms with Crippen LogP contribution in [0.3, 0.4) is 0 Å². The number of hydrazine groups is 1. The van der Waals surface area contributed by atoms with Crippen LogP contribution in [0.1, 0.15) is 33.0 Å². The topological polar surface area (TPSA) is 81.2 Å². The third kappa shape index (κ3) is 3.40. The summed E-state index contributed by atoms with van der Waals surface area (Å²) >= 11 is 2.99. The molecule has 4 aromatic rings. The monoisotopic (exact) mass is 594 g/mol. The molecule has 0 saturated carbocycles. The summed E-state index contributed by atoms with van der Waals surface area (Å²) in [6.07, 6.45) is 0. The highest BCUT2D eigenvalue weighted by molar-refractivity contribution is 7.10. The lowest BCUT2D eigenvalue weighted by atomic mass is 9.88. The lowest BCUT2D eigenvalue weighted by Gasteiger charge is -2.35. The Morgan fingerprint density at radius 3 is 1.21 bits per heavy atom. The van der Waals surface area contributed by atoms with E-state index in [0.717, 1.165) is 20.9 Å². The number of carbonyl (C=O) groups is 4. The van der Waals surface area contributed by atoms with Crippen LogP contribution in [0, 0.1) is 25.7 Å². The molecule has 8 rings (SSSR count). The number of nitrogens with zero attached hydrogens (tertiary/aromatic N) is 4. The van der Waals surface area contributed by atoms with Crippen molar-refractivity contribution < 1.29 is 19.2 Å². The predicted octanol–water partition coefficient (Wildman–Crippen LogP) is 4.87. The molecule has 0 radical (unpaired) electrons. The Labute approximate surface area is 250 Å².